The number of ether oxygens (including phenoxy) is 2. The Labute approximate surface area is 150 Å². The van der Waals surface area contributed by atoms with Crippen LogP contribution < -0.4 is 9.47 Å². The van der Waals surface area contributed by atoms with E-state index < -0.39 is 5.97 Å². The molecule has 4 nitrogen and oxygen atoms in total. The van der Waals surface area contributed by atoms with Crippen LogP contribution in [0, 0.1) is 0 Å². The smallest absolute Gasteiger partial charge is 0.328 e. The molecule has 0 bridgehead atoms. The molecule has 0 aliphatic carbocycles. The molecule has 1 rings (SSSR count). The van der Waals surface area contributed by atoms with Crippen LogP contribution in [-0.4, -0.2) is 25.3 Å². The first-order chi connectivity index (χ1) is 11.9. The Morgan fingerprint density at radius 2 is 1.84 bits per heavy atom. The molecule has 1 aromatic carbocycles. The number of aliphatic carboxylic acids is 1. The Balaban J connectivity index is 3.04. The average Bonchev–Trinajstić information content (AvgIpc) is 2.56. The first kappa shape index (κ1) is 20.6. The SMILES string of the molecule is COc1cc(/C=C\C(=O)O)cc(C/C=C(\C)CCC=C(C)C)c1OC. The van der Waals surface area contributed by atoms with Gasteiger partial charge in [0.15, 0.2) is 11.5 Å². The number of carboxylic acids is 1. The van der Waals surface area contributed by atoms with Crippen molar-refractivity contribution < 1.29 is 19.4 Å². The van der Waals surface area contributed by atoms with E-state index in [2.05, 4.69) is 32.9 Å². The molecule has 25 heavy (non-hydrogen) atoms. The molecule has 0 amide bonds. The van der Waals surface area contributed by atoms with Gasteiger partial charge in [0.05, 0.1) is 14.2 Å². The van der Waals surface area contributed by atoms with Crippen LogP contribution in [-0.2, 0) is 11.2 Å². The average molecular weight is 344 g/mol. The number of hydrogen-bond acceptors (Lipinski definition) is 3. The van der Waals surface area contributed by atoms with Gasteiger partial charge in [0, 0.05) is 11.6 Å². The van der Waals surface area contributed by atoms with Crippen LogP contribution in [0.3, 0.4) is 0 Å². The first-order valence-corrected chi connectivity index (χ1v) is 8.32. The van der Waals surface area contributed by atoms with Gasteiger partial charge in [-0.15, -0.1) is 0 Å². The van der Waals surface area contributed by atoms with E-state index >= 15 is 0 Å². The predicted molar refractivity (Wildman–Crippen MR) is 102 cm³/mol. The summed E-state index contributed by atoms with van der Waals surface area (Å²) in [5.41, 5.74) is 4.38. The van der Waals surface area contributed by atoms with E-state index in [4.69, 9.17) is 14.6 Å². The number of rotatable bonds is 9. The van der Waals surface area contributed by atoms with Gasteiger partial charge in [-0.25, -0.2) is 4.79 Å². The number of carboxylic acid groups (broad SMARTS) is 1. The molecule has 0 atom stereocenters. The topological polar surface area (TPSA) is 55.8 Å². The minimum atomic E-state index is -0.980. The van der Waals surface area contributed by atoms with Gasteiger partial charge in [0.25, 0.3) is 0 Å². The lowest BCUT2D eigenvalue weighted by molar-refractivity contribution is -0.131. The minimum absolute atomic E-state index is 0.598. The fraction of sp³-hybridized carbons (Fsp3) is 0.381. The molecule has 0 saturated heterocycles. The third-order valence-electron chi connectivity index (χ3n) is 3.76. The Morgan fingerprint density at radius 3 is 2.40 bits per heavy atom. The number of benzene rings is 1. The maximum absolute atomic E-state index is 10.7. The zero-order chi connectivity index (χ0) is 18.8. The van der Waals surface area contributed by atoms with Gasteiger partial charge in [-0.1, -0.05) is 23.3 Å². The van der Waals surface area contributed by atoms with Gasteiger partial charge in [-0.05, 0) is 63.8 Å². The van der Waals surface area contributed by atoms with Gasteiger partial charge in [-0.2, -0.15) is 0 Å². The predicted octanol–water partition coefficient (Wildman–Crippen LogP) is 5.04. The van der Waals surface area contributed by atoms with Crippen molar-refractivity contribution in [3.05, 3.63) is 52.6 Å². The molecule has 4 heteroatoms. The zero-order valence-corrected chi connectivity index (χ0v) is 15.8. The Hall–Kier alpha value is -2.49. The molecule has 0 unspecified atom stereocenters. The summed E-state index contributed by atoms with van der Waals surface area (Å²) in [5.74, 6) is 0.301. The number of carbonyl (C=O) groups is 1. The van der Waals surface area contributed by atoms with E-state index in [1.807, 2.05) is 6.07 Å². The first-order valence-electron chi connectivity index (χ1n) is 8.32. The van der Waals surface area contributed by atoms with Crippen LogP contribution in [0.2, 0.25) is 0 Å². The highest BCUT2D eigenvalue weighted by Crippen LogP contribution is 2.34. The largest absolute Gasteiger partial charge is 0.493 e. The van der Waals surface area contributed by atoms with Crippen LogP contribution in [0.25, 0.3) is 6.08 Å². The van der Waals surface area contributed by atoms with E-state index in [0.29, 0.717) is 17.9 Å². The minimum Gasteiger partial charge on any atom is -0.493 e. The summed E-state index contributed by atoms with van der Waals surface area (Å²) in [4.78, 5) is 10.7. The van der Waals surface area contributed by atoms with Crippen molar-refractivity contribution in [3.63, 3.8) is 0 Å². The second kappa shape index (κ2) is 10.4. The molecule has 0 radical (unpaired) electrons. The van der Waals surface area contributed by atoms with E-state index in [9.17, 15) is 4.79 Å². The molecule has 0 fully saturated rings. The fourth-order valence-electron chi connectivity index (χ4n) is 2.46. The molecule has 1 N–H and O–H groups in total. The lowest BCUT2D eigenvalue weighted by Gasteiger charge is -2.13. The molecule has 1 aromatic rings. The van der Waals surface area contributed by atoms with Crippen molar-refractivity contribution in [2.24, 2.45) is 0 Å². The zero-order valence-electron chi connectivity index (χ0n) is 15.8. The molecule has 0 heterocycles. The maximum Gasteiger partial charge on any atom is 0.328 e. The second-order valence-corrected chi connectivity index (χ2v) is 6.16. The highest BCUT2D eigenvalue weighted by Gasteiger charge is 2.11. The molecule has 0 aromatic heterocycles. The van der Waals surface area contributed by atoms with Crippen molar-refractivity contribution in [2.75, 3.05) is 14.2 Å². The van der Waals surface area contributed by atoms with Crippen molar-refractivity contribution in [2.45, 2.75) is 40.0 Å². The van der Waals surface area contributed by atoms with Crippen LogP contribution in [0.4, 0.5) is 0 Å². The summed E-state index contributed by atoms with van der Waals surface area (Å²) < 4.78 is 10.9. The lowest BCUT2D eigenvalue weighted by atomic mass is 10.0. The Kier molecular flexibility index (Phi) is 8.54. The summed E-state index contributed by atoms with van der Waals surface area (Å²) >= 11 is 0. The van der Waals surface area contributed by atoms with Crippen molar-refractivity contribution >= 4 is 12.0 Å². The van der Waals surface area contributed by atoms with Gasteiger partial charge < -0.3 is 14.6 Å². The van der Waals surface area contributed by atoms with Crippen molar-refractivity contribution in [1.29, 1.82) is 0 Å². The van der Waals surface area contributed by atoms with E-state index in [1.165, 1.54) is 11.1 Å². The number of allylic oxidation sites excluding steroid dienone is 4. The van der Waals surface area contributed by atoms with Gasteiger partial charge in [-0.3, -0.25) is 0 Å². The van der Waals surface area contributed by atoms with Crippen LogP contribution >= 0.6 is 0 Å². The molecule has 136 valence electrons. The molecule has 0 aliphatic heterocycles. The van der Waals surface area contributed by atoms with Crippen molar-refractivity contribution in [3.8, 4) is 11.5 Å². The molecule has 0 saturated carbocycles. The summed E-state index contributed by atoms with van der Waals surface area (Å²) in [7, 11) is 3.19. The Bertz CT molecular complexity index is 677. The monoisotopic (exact) mass is 344 g/mol. The van der Waals surface area contributed by atoms with Crippen LogP contribution in [0.1, 0.15) is 44.7 Å². The van der Waals surface area contributed by atoms with Gasteiger partial charge >= 0.3 is 5.97 Å². The van der Waals surface area contributed by atoms with Gasteiger partial charge in [0.2, 0.25) is 0 Å². The molecule has 0 spiro atoms. The summed E-state index contributed by atoms with van der Waals surface area (Å²) in [6.45, 7) is 6.33. The maximum atomic E-state index is 10.7. The van der Waals surface area contributed by atoms with E-state index in [-0.39, 0.29) is 0 Å². The quantitative estimate of drug-likeness (QED) is 0.504. The van der Waals surface area contributed by atoms with E-state index in [1.54, 1.807) is 26.4 Å². The van der Waals surface area contributed by atoms with Gasteiger partial charge in [0.1, 0.15) is 0 Å². The second-order valence-electron chi connectivity index (χ2n) is 6.16. The normalized spacial score (nSPS) is 11.5. The third kappa shape index (κ3) is 7.29. The summed E-state index contributed by atoms with van der Waals surface area (Å²) in [5, 5.41) is 8.81. The fourth-order valence-corrected chi connectivity index (χ4v) is 2.46. The van der Waals surface area contributed by atoms with Crippen molar-refractivity contribution in [1.82, 2.24) is 0 Å². The highest BCUT2D eigenvalue weighted by atomic mass is 16.5. The third-order valence-corrected chi connectivity index (χ3v) is 3.76. The number of hydrogen-bond donors (Lipinski definition) is 1. The summed E-state index contributed by atoms with van der Waals surface area (Å²) in [6.07, 6.45) is 9.84. The molecule has 0 aliphatic rings. The van der Waals surface area contributed by atoms with E-state index in [0.717, 1.165) is 30.0 Å². The standard InChI is InChI=1S/C21H28O4/c1-15(2)7-6-8-16(3)9-11-18-13-17(10-12-20(22)23)14-19(24-4)21(18)25-5/h7,9-10,12-14H,6,8,11H2,1-5H3,(H,22,23)/b12-10-,16-9+. The Morgan fingerprint density at radius 1 is 1.12 bits per heavy atom. The van der Waals surface area contributed by atoms with Crippen LogP contribution in [0.5, 0.6) is 11.5 Å². The molecular formula is C21H28O4. The number of methoxy groups -OCH3 is 2. The lowest BCUT2D eigenvalue weighted by Crippen LogP contribution is -1.97. The highest BCUT2D eigenvalue weighted by molar-refractivity contribution is 5.85. The summed E-state index contributed by atoms with van der Waals surface area (Å²) in [6, 6.07) is 3.70. The molecular weight excluding hydrogens is 316 g/mol. The van der Waals surface area contributed by atoms with Crippen LogP contribution in [0.15, 0.2) is 41.5 Å².